The first-order valence-corrected chi connectivity index (χ1v) is 8.81. The van der Waals surface area contributed by atoms with Gasteiger partial charge in [0.1, 0.15) is 6.10 Å². The molecule has 0 bridgehead atoms. The lowest BCUT2D eigenvalue weighted by Gasteiger charge is -2.20. The van der Waals surface area contributed by atoms with Gasteiger partial charge in [-0.15, -0.1) is 4.52 Å². The van der Waals surface area contributed by atoms with Crippen molar-refractivity contribution in [3.63, 3.8) is 0 Å². The predicted octanol–water partition coefficient (Wildman–Crippen LogP) is 5.01. The van der Waals surface area contributed by atoms with Crippen LogP contribution in [0.3, 0.4) is 0 Å². The van der Waals surface area contributed by atoms with E-state index >= 15 is 0 Å². The van der Waals surface area contributed by atoms with E-state index in [0.29, 0.717) is 0 Å². The van der Waals surface area contributed by atoms with Crippen LogP contribution in [-0.2, 0) is 14.5 Å². The van der Waals surface area contributed by atoms with Gasteiger partial charge in [0.25, 0.3) is 0 Å². The van der Waals surface area contributed by atoms with Gasteiger partial charge < -0.3 is 0 Å². The Morgan fingerprint density at radius 3 is 2.40 bits per heavy atom. The van der Waals surface area contributed by atoms with Crippen LogP contribution in [0.5, 0.6) is 0 Å². The maximum Gasteiger partial charge on any atom is 0.549 e. The van der Waals surface area contributed by atoms with Crippen molar-refractivity contribution < 1.29 is 9.09 Å². The Balaban J connectivity index is 2.20. The van der Waals surface area contributed by atoms with Crippen LogP contribution in [0.1, 0.15) is 64.0 Å². The van der Waals surface area contributed by atoms with Gasteiger partial charge in [-0.05, 0) is 35.8 Å². The van der Waals surface area contributed by atoms with Crippen LogP contribution in [0, 0.1) is 6.92 Å². The smallest absolute Gasteiger partial charge is 0.138 e. The number of hydrogen-bond acceptors (Lipinski definition) is 2. The van der Waals surface area contributed by atoms with E-state index in [2.05, 4.69) is 33.8 Å². The molecule has 2 nitrogen and oxygen atoms in total. The third-order valence-corrected chi connectivity index (χ3v) is 5.23. The molecule has 0 amide bonds. The highest BCUT2D eigenvalue weighted by molar-refractivity contribution is 7.48. The Morgan fingerprint density at radius 2 is 1.80 bits per heavy atom. The minimum atomic E-state index is -1.75. The Kier molecular flexibility index (Phi) is 4.99. The summed E-state index contributed by atoms with van der Waals surface area (Å²) in [5.74, 6) is 0. The van der Waals surface area contributed by atoms with Gasteiger partial charge in [0, 0.05) is 5.56 Å². The highest BCUT2D eigenvalue weighted by atomic mass is 31.1. The summed E-state index contributed by atoms with van der Waals surface area (Å²) < 4.78 is 18.5. The molecule has 0 aromatic heterocycles. The molecule has 110 valence electrons. The molecule has 2 rings (SSSR count). The van der Waals surface area contributed by atoms with Gasteiger partial charge in [0.05, 0.1) is 0 Å². The fourth-order valence-electron chi connectivity index (χ4n) is 2.77. The lowest BCUT2D eigenvalue weighted by Crippen LogP contribution is -2.22. The van der Waals surface area contributed by atoms with Crippen molar-refractivity contribution in [2.45, 2.75) is 71.3 Å². The SMILES string of the molecule is Cc1ccc([P+](=O)OC2CCCCC2)c(C(C)(C)C)c1. The summed E-state index contributed by atoms with van der Waals surface area (Å²) in [6.45, 7) is 8.56. The van der Waals surface area contributed by atoms with E-state index in [1.165, 1.54) is 24.8 Å². The van der Waals surface area contributed by atoms with Gasteiger partial charge in [-0.1, -0.05) is 57.7 Å². The molecule has 0 saturated heterocycles. The van der Waals surface area contributed by atoms with Crippen molar-refractivity contribution in [1.29, 1.82) is 0 Å². The van der Waals surface area contributed by atoms with Crippen LogP contribution < -0.4 is 5.30 Å². The van der Waals surface area contributed by atoms with Crippen molar-refractivity contribution in [2.75, 3.05) is 0 Å². The monoisotopic (exact) mass is 293 g/mol. The molecule has 1 aliphatic carbocycles. The molecule has 0 radical (unpaired) electrons. The first kappa shape index (κ1) is 15.7. The molecule has 1 aromatic carbocycles. The summed E-state index contributed by atoms with van der Waals surface area (Å²) in [6.07, 6.45) is 5.98. The molecule has 0 N–H and O–H groups in total. The van der Waals surface area contributed by atoms with Crippen LogP contribution in [0.25, 0.3) is 0 Å². The van der Waals surface area contributed by atoms with E-state index in [4.69, 9.17) is 4.52 Å². The number of hydrogen-bond donors (Lipinski definition) is 0. The normalized spacial score (nSPS) is 18.1. The highest BCUT2D eigenvalue weighted by Crippen LogP contribution is 2.35. The average molecular weight is 293 g/mol. The number of benzene rings is 1. The molecule has 1 fully saturated rings. The Bertz CT molecular complexity index is 482. The fourth-order valence-corrected chi connectivity index (χ4v) is 4.16. The summed E-state index contributed by atoms with van der Waals surface area (Å²) in [4.78, 5) is 0. The zero-order valence-electron chi connectivity index (χ0n) is 13.1. The summed E-state index contributed by atoms with van der Waals surface area (Å²) >= 11 is 0. The van der Waals surface area contributed by atoms with Crippen molar-refractivity contribution in [2.24, 2.45) is 0 Å². The molecule has 0 heterocycles. The molecule has 3 heteroatoms. The minimum absolute atomic E-state index is 0.0116. The van der Waals surface area contributed by atoms with Crippen molar-refractivity contribution >= 4 is 13.3 Å². The summed E-state index contributed by atoms with van der Waals surface area (Å²) in [5.41, 5.74) is 2.34. The average Bonchev–Trinajstić information content (AvgIpc) is 2.38. The van der Waals surface area contributed by atoms with E-state index < -0.39 is 8.03 Å². The van der Waals surface area contributed by atoms with Crippen LogP contribution in [0.2, 0.25) is 0 Å². The molecule has 1 saturated carbocycles. The van der Waals surface area contributed by atoms with Gasteiger partial charge in [-0.3, -0.25) is 0 Å². The molecule has 1 aliphatic rings. The topological polar surface area (TPSA) is 26.3 Å². The lowest BCUT2D eigenvalue weighted by molar-refractivity contribution is 0.168. The maximum atomic E-state index is 12.6. The van der Waals surface area contributed by atoms with Gasteiger partial charge in [-0.25, -0.2) is 0 Å². The minimum Gasteiger partial charge on any atom is -0.138 e. The maximum absolute atomic E-state index is 12.6. The van der Waals surface area contributed by atoms with Crippen molar-refractivity contribution in [1.82, 2.24) is 0 Å². The predicted molar refractivity (Wildman–Crippen MR) is 85.1 cm³/mol. The zero-order chi connectivity index (χ0) is 14.8. The van der Waals surface area contributed by atoms with E-state index in [-0.39, 0.29) is 11.5 Å². The molecule has 20 heavy (non-hydrogen) atoms. The quantitative estimate of drug-likeness (QED) is 0.732. The molecule has 1 unspecified atom stereocenters. The van der Waals surface area contributed by atoms with Crippen LogP contribution in [0.15, 0.2) is 18.2 Å². The number of aryl methyl sites for hydroxylation is 1. The lowest BCUT2D eigenvalue weighted by atomic mass is 9.86. The molecule has 0 aliphatic heterocycles. The summed E-state index contributed by atoms with van der Waals surface area (Å²) in [6, 6.07) is 6.16. The van der Waals surface area contributed by atoms with E-state index in [1.807, 2.05) is 12.1 Å². The molecule has 1 aromatic rings. The van der Waals surface area contributed by atoms with Gasteiger partial charge in [-0.2, -0.15) is 0 Å². The third-order valence-electron chi connectivity index (χ3n) is 3.95. The van der Waals surface area contributed by atoms with Crippen LogP contribution >= 0.6 is 8.03 Å². The summed E-state index contributed by atoms with van der Waals surface area (Å²) in [5, 5.41) is 0.878. The number of rotatable bonds is 3. The Hall–Kier alpha value is -0.720. The summed E-state index contributed by atoms with van der Waals surface area (Å²) in [7, 11) is -1.75. The van der Waals surface area contributed by atoms with Crippen molar-refractivity contribution in [3.8, 4) is 0 Å². The van der Waals surface area contributed by atoms with E-state index in [9.17, 15) is 4.57 Å². The Morgan fingerprint density at radius 1 is 1.15 bits per heavy atom. The highest BCUT2D eigenvalue weighted by Gasteiger charge is 2.34. The second kappa shape index (κ2) is 6.37. The molecular weight excluding hydrogens is 267 g/mol. The van der Waals surface area contributed by atoms with Gasteiger partial charge in [0.15, 0.2) is 0 Å². The molecule has 0 spiro atoms. The first-order chi connectivity index (χ1) is 9.38. The second-order valence-corrected chi connectivity index (χ2v) is 8.10. The largest absolute Gasteiger partial charge is 0.549 e. The van der Waals surface area contributed by atoms with Gasteiger partial charge >= 0.3 is 8.03 Å². The standard InChI is InChI=1S/C17H26O2P/c1-13-10-11-16(15(12-13)17(2,3)4)20(18)19-14-8-6-5-7-9-14/h10-12,14H,5-9H2,1-4H3/q+1. The Labute approximate surface area is 123 Å². The van der Waals surface area contributed by atoms with Crippen molar-refractivity contribution in [3.05, 3.63) is 29.3 Å². The molecular formula is C17H26O2P+. The third kappa shape index (κ3) is 3.90. The van der Waals surface area contributed by atoms with Gasteiger partial charge in [0.2, 0.25) is 5.30 Å². The second-order valence-electron chi connectivity index (χ2n) is 6.89. The van der Waals surface area contributed by atoms with Crippen LogP contribution in [-0.4, -0.2) is 6.10 Å². The first-order valence-electron chi connectivity index (χ1n) is 7.63. The fraction of sp³-hybridized carbons (Fsp3) is 0.647. The van der Waals surface area contributed by atoms with E-state index in [0.717, 1.165) is 23.7 Å². The zero-order valence-corrected chi connectivity index (χ0v) is 14.0. The molecule has 1 atom stereocenters. The van der Waals surface area contributed by atoms with E-state index in [1.54, 1.807) is 0 Å². The van der Waals surface area contributed by atoms with Crippen LogP contribution in [0.4, 0.5) is 0 Å².